The number of amides is 1. The first-order chi connectivity index (χ1) is 8.58. The number of aromatic hydroxyl groups is 1. The average molecular weight is 265 g/mol. The predicted octanol–water partition coefficient (Wildman–Crippen LogP) is 2.01. The Hall–Kier alpha value is -2.48. The van der Waals surface area contributed by atoms with Gasteiger partial charge in [0.1, 0.15) is 0 Å². The van der Waals surface area contributed by atoms with Crippen molar-refractivity contribution in [1.29, 1.82) is 0 Å². The van der Waals surface area contributed by atoms with E-state index in [2.05, 4.69) is 10.3 Å². The second kappa shape index (κ2) is 4.80. The molecule has 0 bridgehead atoms. The third kappa shape index (κ3) is 2.43. The maximum absolute atomic E-state index is 11.7. The fourth-order valence-corrected chi connectivity index (χ4v) is 1.92. The minimum atomic E-state index is -0.570. The highest BCUT2D eigenvalue weighted by Gasteiger charge is 2.16. The van der Waals surface area contributed by atoms with Crippen molar-refractivity contribution >= 4 is 28.1 Å². The lowest BCUT2D eigenvalue weighted by Crippen LogP contribution is -2.11. The van der Waals surface area contributed by atoms with Gasteiger partial charge in [-0.25, -0.2) is 4.98 Å². The van der Waals surface area contributed by atoms with Crippen LogP contribution in [0.4, 0.5) is 10.8 Å². The first-order valence-electron chi connectivity index (χ1n) is 4.76. The van der Waals surface area contributed by atoms with Gasteiger partial charge in [-0.05, 0) is 12.1 Å². The van der Waals surface area contributed by atoms with E-state index in [4.69, 9.17) is 0 Å². The summed E-state index contributed by atoms with van der Waals surface area (Å²) in [7, 11) is 0. The number of carbonyl (C=O) groups excluding carboxylic acids is 1. The molecule has 0 aliphatic carbocycles. The van der Waals surface area contributed by atoms with Gasteiger partial charge in [0.15, 0.2) is 11.6 Å². The van der Waals surface area contributed by atoms with Gasteiger partial charge in [-0.3, -0.25) is 14.9 Å². The molecule has 0 aliphatic heterocycles. The van der Waals surface area contributed by atoms with Gasteiger partial charge < -0.3 is 10.4 Å². The van der Waals surface area contributed by atoms with Crippen molar-refractivity contribution in [1.82, 2.24) is 4.98 Å². The van der Waals surface area contributed by atoms with E-state index in [1.54, 1.807) is 0 Å². The van der Waals surface area contributed by atoms with Crippen LogP contribution in [0.3, 0.4) is 0 Å². The topological polar surface area (TPSA) is 105 Å². The zero-order valence-electron chi connectivity index (χ0n) is 8.86. The number of anilines is 1. The van der Waals surface area contributed by atoms with E-state index in [-0.39, 0.29) is 22.1 Å². The van der Waals surface area contributed by atoms with E-state index in [0.717, 1.165) is 11.3 Å². The Bertz CT molecular complexity index is 611. The van der Waals surface area contributed by atoms with Gasteiger partial charge in [0.25, 0.3) is 5.91 Å². The second-order valence-corrected chi connectivity index (χ2v) is 4.15. The number of hydrogen-bond acceptors (Lipinski definition) is 6. The number of hydrogen-bond donors (Lipinski definition) is 2. The van der Waals surface area contributed by atoms with Crippen LogP contribution in [0, 0.1) is 10.1 Å². The lowest BCUT2D eigenvalue weighted by atomic mass is 10.3. The largest absolute Gasteiger partial charge is 0.504 e. The Kier molecular flexibility index (Phi) is 3.20. The van der Waals surface area contributed by atoms with Gasteiger partial charge >= 0.3 is 5.00 Å². The molecule has 0 aliphatic rings. The van der Waals surface area contributed by atoms with Crippen molar-refractivity contribution in [3.63, 3.8) is 0 Å². The molecule has 2 heterocycles. The fourth-order valence-electron chi connectivity index (χ4n) is 1.21. The third-order valence-electron chi connectivity index (χ3n) is 2.05. The first-order valence-corrected chi connectivity index (χ1v) is 5.64. The Labute approximate surface area is 105 Å². The average Bonchev–Trinajstić information content (AvgIpc) is 2.81. The highest BCUT2D eigenvalue weighted by molar-refractivity contribution is 7.13. The van der Waals surface area contributed by atoms with E-state index in [1.807, 2.05) is 0 Å². The van der Waals surface area contributed by atoms with Crippen LogP contribution in [0.25, 0.3) is 0 Å². The van der Waals surface area contributed by atoms with Gasteiger partial charge in [-0.15, -0.1) is 0 Å². The molecule has 0 fully saturated rings. The van der Waals surface area contributed by atoms with E-state index < -0.39 is 10.8 Å². The maximum atomic E-state index is 11.7. The summed E-state index contributed by atoms with van der Waals surface area (Å²) in [5, 5.41) is 23.5. The number of nitro groups is 1. The van der Waals surface area contributed by atoms with Gasteiger partial charge in [-0.2, -0.15) is 0 Å². The number of pyridine rings is 1. The van der Waals surface area contributed by atoms with E-state index in [0.29, 0.717) is 0 Å². The van der Waals surface area contributed by atoms with E-state index >= 15 is 0 Å². The number of aromatic nitrogens is 1. The summed E-state index contributed by atoms with van der Waals surface area (Å²) in [6, 6.07) is 4.05. The van der Waals surface area contributed by atoms with Crippen LogP contribution in [0.2, 0.25) is 0 Å². The minimum Gasteiger partial charge on any atom is -0.504 e. The van der Waals surface area contributed by atoms with Crippen LogP contribution in [0.15, 0.2) is 29.8 Å². The number of nitrogens with one attached hydrogen (secondary N) is 1. The standard InChI is InChI=1S/C10H7N3O4S/c14-7-2-1-3-11-9(7)12-10(15)6-4-8(13(16)17)18-5-6/h1-5,14H,(H,11,12,15). The number of carbonyl (C=O) groups is 1. The molecule has 0 radical (unpaired) electrons. The molecule has 2 aromatic heterocycles. The Morgan fingerprint density at radius 3 is 2.94 bits per heavy atom. The number of nitrogens with zero attached hydrogens (tertiary/aromatic N) is 2. The zero-order valence-corrected chi connectivity index (χ0v) is 9.68. The maximum Gasteiger partial charge on any atom is 0.324 e. The third-order valence-corrected chi connectivity index (χ3v) is 2.93. The molecule has 0 saturated heterocycles. The molecule has 0 atom stereocenters. The smallest absolute Gasteiger partial charge is 0.324 e. The summed E-state index contributed by atoms with van der Waals surface area (Å²) in [4.78, 5) is 25.4. The van der Waals surface area contributed by atoms with Crippen LogP contribution in [0.1, 0.15) is 10.4 Å². The Morgan fingerprint density at radius 2 is 2.33 bits per heavy atom. The quantitative estimate of drug-likeness (QED) is 0.652. The second-order valence-electron chi connectivity index (χ2n) is 3.26. The molecule has 0 saturated carbocycles. The van der Waals surface area contributed by atoms with Crippen LogP contribution >= 0.6 is 11.3 Å². The van der Waals surface area contributed by atoms with Crippen molar-refractivity contribution in [2.45, 2.75) is 0 Å². The molecule has 92 valence electrons. The normalized spacial score (nSPS) is 10.0. The summed E-state index contributed by atoms with van der Waals surface area (Å²) < 4.78 is 0. The molecule has 0 spiro atoms. The van der Waals surface area contributed by atoms with Gasteiger partial charge in [-0.1, -0.05) is 11.3 Å². The monoisotopic (exact) mass is 265 g/mol. The summed E-state index contributed by atoms with van der Waals surface area (Å²) in [6.07, 6.45) is 1.41. The van der Waals surface area contributed by atoms with Gasteiger partial charge in [0.2, 0.25) is 0 Å². The Balaban J connectivity index is 2.17. The lowest BCUT2D eigenvalue weighted by molar-refractivity contribution is -0.380. The molecule has 2 N–H and O–H groups in total. The van der Waals surface area contributed by atoms with Crippen molar-refractivity contribution in [3.8, 4) is 5.75 Å². The van der Waals surface area contributed by atoms with Crippen molar-refractivity contribution < 1.29 is 14.8 Å². The fraction of sp³-hybridized carbons (Fsp3) is 0. The molecule has 18 heavy (non-hydrogen) atoms. The molecular formula is C10H7N3O4S. The van der Waals surface area contributed by atoms with Crippen LogP contribution in [-0.2, 0) is 0 Å². The molecule has 7 nitrogen and oxygen atoms in total. The van der Waals surface area contributed by atoms with Crippen molar-refractivity contribution in [3.05, 3.63) is 45.5 Å². The van der Waals surface area contributed by atoms with E-state index in [9.17, 15) is 20.0 Å². The van der Waals surface area contributed by atoms with Crippen LogP contribution in [0.5, 0.6) is 5.75 Å². The molecule has 2 aromatic rings. The highest BCUT2D eigenvalue weighted by Crippen LogP contribution is 2.24. The van der Waals surface area contributed by atoms with Gasteiger partial charge in [0, 0.05) is 17.6 Å². The molecular weight excluding hydrogens is 258 g/mol. The number of rotatable bonds is 3. The Morgan fingerprint density at radius 1 is 1.56 bits per heavy atom. The van der Waals surface area contributed by atoms with Crippen LogP contribution in [-0.4, -0.2) is 20.9 Å². The van der Waals surface area contributed by atoms with Crippen molar-refractivity contribution in [2.24, 2.45) is 0 Å². The SMILES string of the molecule is O=C(Nc1ncccc1O)c1csc([N+](=O)[O-])c1. The molecule has 0 aromatic carbocycles. The lowest BCUT2D eigenvalue weighted by Gasteiger charge is -2.03. The van der Waals surface area contributed by atoms with Crippen LogP contribution < -0.4 is 5.32 Å². The van der Waals surface area contributed by atoms with E-state index in [1.165, 1.54) is 29.8 Å². The molecule has 2 rings (SSSR count). The molecule has 8 heteroatoms. The summed E-state index contributed by atoms with van der Waals surface area (Å²) in [5.41, 5.74) is 0.150. The summed E-state index contributed by atoms with van der Waals surface area (Å²) >= 11 is 0.858. The highest BCUT2D eigenvalue weighted by atomic mass is 32.1. The van der Waals surface area contributed by atoms with Gasteiger partial charge in [0.05, 0.1) is 10.5 Å². The molecule has 1 amide bonds. The summed E-state index contributed by atoms with van der Waals surface area (Å²) in [6.45, 7) is 0. The zero-order chi connectivity index (χ0) is 13.1. The predicted molar refractivity (Wildman–Crippen MR) is 64.8 cm³/mol. The van der Waals surface area contributed by atoms with Crippen molar-refractivity contribution in [2.75, 3.05) is 5.32 Å². The number of thiophene rings is 1. The minimum absolute atomic E-state index is 0.0105. The summed E-state index contributed by atoms with van der Waals surface area (Å²) in [5.74, 6) is -0.722. The molecule has 0 unspecified atom stereocenters. The first kappa shape index (κ1) is 12.0.